The van der Waals surface area contributed by atoms with Crippen molar-refractivity contribution < 1.29 is 19.4 Å². The summed E-state index contributed by atoms with van der Waals surface area (Å²) >= 11 is 0. The van der Waals surface area contributed by atoms with Crippen LogP contribution in [0, 0.1) is 0 Å². The Kier molecular flexibility index (Phi) is 3.68. The lowest BCUT2D eigenvalue weighted by Gasteiger charge is -2.04. The van der Waals surface area contributed by atoms with Crippen LogP contribution < -0.4 is 5.32 Å². The molecule has 5 heteroatoms. The van der Waals surface area contributed by atoms with E-state index in [0.29, 0.717) is 11.3 Å². The number of carbonyl (C=O) groups is 2. The van der Waals surface area contributed by atoms with Crippen LogP contribution in [0.3, 0.4) is 0 Å². The van der Waals surface area contributed by atoms with Crippen molar-refractivity contribution in [2.75, 3.05) is 11.9 Å². The summed E-state index contributed by atoms with van der Waals surface area (Å²) in [6, 6.07) is 6.12. The topological polar surface area (TPSA) is 75.6 Å². The maximum Gasteiger partial charge on any atom is 0.409 e. The lowest BCUT2D eigenvalue weighted by atomic mass is 10.2. The molecule has 0 bridgehead atoms. The van der Waals surface area contributed by atoms with Gasteiger partial charge in [0.25, 0.3) is 0 Å². The van der Waals surface area contributed by atoms with Gasteiger partial charge < -0.3 is 9.84 Å². The van der Waals surface area contributed by atoms with Gasteiger partial charge in [-0.1, -0.05) is 6.07 Å². The summed E-state index contributed by atoms with van der Waals surface area (Å²) in [4.78, 5) is 21.6. The highest BCUT2D eigenvalue weighted by Gasteiger charge is 2.07. The summed E-state index contributed by atoms with van der Waals surface area (Å²) in [5.74, 6) is -0.466. The molecule has 0 unspecified atom stereocenters. The van der Waals surface area contributed by atoms with E-state index in [-0.39, 0.29) is 6.61 Å². The molecule has 0 saturated heterocycles. The minimum atomic E-state index is -1.17. The molecule has 1 aromatic carbocycles. The van der Waals surface area contributed by atoms with Crippen molar-refractivity contribution in [2.45, 2.75) is 6.92 Å². The first-order valence-corrected chi connectivity index (χ1v) is 4.40. The number of nitrogens with one attached hydrogen (secondary N) is 1. The Morgan fingerprint density at radius 3 is 2.80 bits per heavy atom. The average molecular weight is 209 g/mol. The predicted octanol–water partition coefficient (Wildman–Crippen LogP) is 1.95. The van der Waals surface area contributed by atoms with Crippen LogP contribution in [0.1, 0.15) is 17.3 Å². The molecule has 80 valence electrons. The van der Waals surface area contributed by atoms with Gasteiger partial charge in [0.2, 0.25) is 0 Å². The Hall–Kier alpha value is -2.04. The fraction of sp³-hybridized carbons (Fsp3) is 0.200. The van der Waals surface area contributed by atoms with Crippen molar-refractivity contribution in [3.05, 3.63) is 29.8 Å². The quantitative estimate of drug-likeness (QED) is 0.746. The molecule has 0 aliphatic heterocycles. The summed E-state index contributed by atoms with van der Waals surface area (Å²) in [5, 5.41) is 10.6. The van der Waals surface area contributed by atoms with Gasteiger partial charge in [-0.2, -0.15) is 0 Å². The molecular weight excluding hydrogens is 198 g/mol. The number of carbonyl (C=O) groups excluding carboxylic acids is 1. The monoisotopic (exact) mass is 209 g/mol. The maximum absolute atomic E-state index is 11.3. The van der Waals surface area contributed by atoms with Gasteiger partial charge in [-0.05, 0) is 25.1 Å². The van der Waals surface area contributed by atoms with Gasteiger partial charge in [0.15, 0.2) is 0 Å². The fourth-order valence-electron chi connectivity index (χ4n) is 1.06. The van der Waals surface area contributed by atoms with Crippen LogP contribution in [-0.2, 0) is 4.74 Å². The van der Waals surface area contributed by atoms with Gasteiger partial charge in [0.05, 0.1) is 12.2 Å². The van der Waals surface area contributed by atoms with Crippen LogP contribution in [0.2, 0.25) is 0 Å². The first-order chi connectivity index (χ1) is 7.13. The summed E-state index contributed by atoms with van der Waals surface area (Å²) in [7, 11) is 0. The fourth-order valence-corrected chi connectivity index (χ4v) is 1.06. The normalized spacial score (nSPS) is 9.40. The van der Waals surface area contributed by atoms with Crippen molar-refractivity contribution in [1.82, 2.24) is 0 Å². The number of hydrogen-bond acceptors (Lipinski definition) is 3. The second-order valence-electron chi connectivity index (χ2n) is 2.73. The average Bonchev–Trinajstić information content (AvgIpc) is 2.17. The summed E-state index contributed by atoms with van der Waals surface area (Å²) in [6.45, 7) is 1.99. The first-order valence-electron chi connectivity index (χ1n) is 4.40. The van der Waals surface area contributed by atoms with Crippen molar-refractivity contribution in [3.63, 3.8) is 0 Å². The molecule has 0 aliphatic carbocycles. The van der Waals surface area contributed by atoms with E-state index in [4.69, 9.17) is 9.84 Å². The molecule has 0 aliphatic rings. The minimum absolute atomic E-state index is 0.287. The van der Waals surface area contributed by atoms with Gasteiger partial charge in [0.1, 0.15) is 0 Å². The third-order valence-electron chi connectivity index (χ3n) is 1.62. The molecule has 1 aromatic rings. The highest BCUT2D eigenvalue weighted by molar-refractivity contribution is 5.92. The largest absolute Gasteiger partial charge is 0.465 e. The molecule has 0 saturated carbocycles. The van der Waals surface area contributed by atoms with E-state index < -0.39 is 12.1 Å². The van der Waals surface area contributed by atoms with Crippen molar-refractivity contribution in [3.8, 4) is 0 Å². The van der Waals surface area contributed by atoms with Crippen molar-refractivity contribution >= 4 is 17.7 Å². The Bertz CT molecular complexity index is 375. The molecule has 1 amide bonds. The van der Waals surface area contributed by atoms with Crippen molar-refractivity contribution in [1.29, 1.82) is 0 Å². The number of anilines is 1. The Morgan fingerprint density at radius 2 is 2.20 bits per heavy atom. The zero-order valence-corrected chi connectivity index (χ0v) is 8.19. The number of rotatable bonds is 3. The molecule has 0 radical (unpaired) electrons. The van der Waals surface area contributed by atoms with E-state index in [1.54, 1.807) is 25.1 Å². The van der Waals surface area contributed by atoms with Gasteiger partial charge in [-0.25, -0.2) is 9.59 Å². The number of carboxylic acid groups (broad SMARTS) is 1. The van der Waals surface area contributed by atoms with E-state index in [1.807, 2.05) is 0 Å². The highest BCUT2D eigenvalue weighted by atomic mass is 16.5. The predicted molar refractivity (Wildman–Crippen MR) is 54.0 cm³/mol. The third-order valence-corrected chi connectivity index (χ3v) is 1.62. The Balaban J connectivity index is 2.82. The molecule has 1 rings (SSSR count). The second kappa shape index (κ2) is 4.99. The third kappa shape index (κ3) is 3.30. The number of esters is 1. The molecule has 0 atom stereocenters. The first kappa shape index (κ1) is 11.0. The van der Waals surface area contributed by atoms with Crippen molar-refractivity contribution in [2.24, 2.45) is 0 Å². The second-order valence-corrected chi connectivity index (χ2v) is 2.73. The van der Waals surface area contributed by atoms with Crippen LogP contribution >= 0.6 is 0 Å². The van der Waals surface area contributed by atoms with Gasteiger partial charge in [-0.15, -0.1) is 0 Å². The lowest BCUT2D eigenvalue weighted by Crippen LogP contribution is -2.09. The van der Waals surface area contributed by atoms with Gasteiger partial charge >= 0.3 is 12.1 Å². The Morgan fingerprint density at radius 1 is 1.47 bits per heavy atom. The highest BCUT2D eigenvalue weighted by Crippen LogP contribution is 2.11. The molecular formula is C10H11NO4. The van der Waals surface area contributed by atoms with Crippen LogP contribution in [0.5, 0.6) is 0 Å². The van der Waals surface area contributed by atoms with Crippen LogP contribution in [0.25, 0.3) is 0 Å². The van der Waals surface area contributed by atoms with E-state index in [1.165, 1.54) is 6.07 Å². The Labute approximate surface area is 86.7 Å². The van der Waals surface area contributed by atoms with Crippen LogP contribution in [-0.4, -0.2) is 23.8 Å². The van der Waals surface area contributed by atoms with Gasteiger partial charge in [0, 0.05) is 5.69 Å². The molecule has 0 aromatic heterocycles. The lowest BCUT2D eigenvalue weighted by molar-refractivity contribution is 0.0526. The number of hydrogen-bond donors (Lipinski definition) is 2. The number of benzene rings is 1. The van der Waals surface area contributed by atoms with E-state index in [2.05, 4.69) is 5.32 Å². The zero-order valence-electron chi connectivity index (χ0n) is 8.19. The van der Waals surface area contributed by atoms with E-state index in [9.17, 15) is 9.59 Å². The van der Waals surface area contributed by atoms with Gasteiger partial charge in [-0.3, -0.25) is 5.32 Å². The van der Waals surface area contributed by atoms with E-state index in [0.717, 1.165) is 0 Å². The molecule has 0 fully saturated rings. The standard InChI is InChI=1S/C10H11NO4/c1-2-15-9(12)7-4-3-5-8(6-7)11-10(13)14/h3-6,11H,2H2,1H3,(H,13,14). The molecule has 5 nitrogen and oxygen atoms in total. The number of amides is 1. The number of ether oxygens (including phenoxy) is 1. The molecule has 15 heavy (non-hydrogen) atoms. The summed E-state index contributed by atoms with van der Waals surface area (Å²) in [5.41, 5.74) is 0.663. The minimum Gasteiger partial charge on any atom is -0.465 e. The molecule has 0 spiro atoms. The smallest absolute Gasteiger partial charge is 0.409 e. The maximum atomic E-state index is 11.3. The molecule has 2 N–H and O–H groups in total. The zero-order chi connectivity index (χ0) is 11.3. The summed E-state index contributed by atoms with van der Waals surface area (Å²) < 4.78 is 4.77. The molecule has 0 heterocycles. The van der Waals surface area contributed by atoms with Crippen LogP contribution in [0.15, 0.2) is 24.3 Å². The summed E-state index contributed by atoms with van der Waals surface area (Å²) in [6.07, 6.45) is -1.17. The van der Waals surface area contributed by atoms with Crippen LogP contribution in [0.4, 0.5) is 10.5 Å². The SMILES string of the molecule is CCOC(=O)c1cccc(NC(=O)O)c1. The van der Waals surface area contributed by atoms with E-state index >= 15 is 0 Å².